The summed E-state index contributed by atoms with van der Waals surface area (Å²) in [5, 5.41) is 9.14. The zero-order valence-electron chi connectivity index (χ0n) is 12.1. The molecular weight excluding hydrogens is 260 g/mol. The molecule has 3 rings (SSSR count). The molecule has 0 radical (unpaired) electrons. The fourth-order valence-electron chi connectivity index (χ4n) is 2.50. The van der Waals surface area contributed by atoms with Crippen molar-refractivity contribution in [3.05, 3.63) is 54.0 Å². The van der Waals surface area contributed by atoms with Gasteiger partial charge in [0.25, 0.3) is 0 Å². The molecule has 0 unspecified atom stereocenters. The standard InChI is InChI=1S/C17H16N4/c1-12(2)8-13-6-7-19-16(9-13)21-11-20-17-14(10-18)4-3-5-15(17)21/h3-7,9,11-12H,8H2,1-2H3. The Morgan fingerprint density at radius 2 is 2.10 bits per heavy atom. The normalized spacial score (nSPS) is 11.0. The van der Waals surface area contributed by atoms with Crippen molar-refractivity contribution in [1.82, 2.24) is 14.5 Å². The largest absolute Gasteiger partial charge is 0.283 e. The highest BCUT2D eigenvalue weighted by atomic mass is 15.1. The fourth-order valence-corrected chi connectivity index (χ4v) is 2.50. The van der Waals surface area contributed by atoms with Gasteiger partial charge < -0.3 is 0 Å². The van der Waals surface area contributed by atoms with Gasteiger partial charge in [-0.05, 0) is 42.2 Å². The van der Waals surface area contributed by atoms with Crippen molar-refractivity contribution in [3.8, 4) is 11.9 Å². The predicted octanol–water partition coefficient (Wildman–Crippen LogP) is 3.49. The molecule has 0 atom stereocenters. The van der Waals surface area contributed by atoms with Crippen molar-refractivity contribution in [2.45, 2.75) is 20.3 Å². The Balaban J connectivity index is 2.11. The fraction of sp³-hybridized carbons (Fsp3) is 0.235. The smallest absolute Gasteiger partial charge is 0.138 e. The molecule has 104 valence electrons. The SMILES string of the molecule is CC(C)Cc1ccnc(-n2cnc3c(C#N)cccc32)c1. The number of pyridine rings is 1. The Morgan fingerprint density at radius 1 is 1.24 bits per heavy atom. The number of nitrogens with zero attached hydrogens (tertiary/aromatic N) is 4. The molecule has 0 fully saturated rings. The Labute approximate surface area is 123 Å². The second kappa shape index (κ2) is 5.37. The molecule has 0 bridgehead atoms. The van der Waals surface area contributed by atoms with Crippen LogP contribution in [0.4, 0.5) is 0 Å². The van der Waals surface area contributed by atoms with E-state index in [1.807, 2.05) is 29.0 Å². The van der Waals surface area contributed by atoms with Gasteiger partial charge in [0.2, 0.25) is 0 Å². The summed E-state index contributed by atoms with van der Waals surface area (Å²) in [7, 11) is 0. The Kier molecular flexibility index (Phi) is 3.41. The van der Waals surface area contributed by atoms with E-state index in [4.69, 9.17) is 5.26 Å². The average Bonchev–Trinajstić information content (AvgIpc) is 2.90. The number of aromatic nitrogens is 3. The first-order valence-electron chi connectivity index (χ1n) is 7.00. The molecule has 21 heavy (non-hydrogen) atoms. The molecule has 0 aliphatic rings. The predicted molar refractivity (Wildman–Crippen MR) is 82.1 cm³/mol. The molecule has 1 aromatic carbocycles. The number of fused-ring (bicyclic) bond motifs is 1. The topological polar surface area (TPSA) is 54.5 Å². The van der Waals surface area contributed by atoms with Gasteiger partial charge in [0.1, 0.15) is 23.7 Å². The molecule has 0 N–H and O–H groups in total. The molecule has 4 heteroatoms. The van der Waals surface area contributed by atoms with Crippen LogP contribution in [0.2, 0.25) is 0 Å². The number of imidazole rings is 1. The lowest BCUT2D eigenvalue weighted by molar-refractivity contribution is 0.646. The summed E-state index contributed by atoms with van der Waals surface area (Å²) >= 11 is 0. The van der Waals surface area contributed by atoms with Gasteiger partial charge >= 0.3 is 0 Å². The third kappa shape index (κ3) is 2.50. The van der Waals surface area contributed by atoms with Crippen molar-refractivity contribution >= 4 is 11.0 Å². The molecule has 0 amide bonds. The van der Waals surface area contributed by atoms with E-state index in [-0.39, 0.29) is 0 Å². The molecule has 0 saturated heterocycles. The summed E-state index contributed by atoms with van der Waals surface area (Å²) in [6.07, 6.45) is 4.58. The number of para-hydroxylation sites is 1. The van der Waals surface area contributed by atoms with Crippen molar-refractivity contribution in [2.24, 2.45) is 5.92 Å². The maximum Gasteiger partial charge on any atom is 0.138 e. The first-order valence-corrected chi connectivity index (χ1v) is 7.00. The van der Waals surface area contributed by atoms with Gasteiger partial charge in [0, 0.05) is 6.20 Å². The van der Waals surface area contributed by atoms with E-state index in [0.29, 0.717) is 11.5 Å². The lowest BCUT2D eigenvalue weighted by Gasteiger charge is -2.08. The highest BCUT2D eigenvalue weighted by Gasteiger charge is 2.09. The third-order valence-electron chi connectivity index (χ3n) is 3.40. The second-order valence-corrected chi connectivity index (χ2v) is 5.52. The number of hydrogen-bond acceptors (Lipinski definition) is 3. The maximum absolute atomic E-state index is 9.14. The molecule has 2 heterocycles. The lowest BCUT2D eigenvalue weighted by Crippen LogP contribution is -1.99. The van der Waals surface area contributed by atoms with Gasteiger partial charge in [-0.25, -0.2) is 9.97 Å². The van der Waals surface area contributed by atoms with Gasteiger partial charge in [-0.15, -0.1) is 0 Å². The quantitative estimate of drug-likeness (QED) is 0.735. The van der Waals surface area contributed by atoms with E-state index in [1.54, 1.807) is 12.4 Å². The van der Waals surface area contributed by atoms with Crippen LogP contribution in [-0.2, 0) is 6.42 Å². The highest BCUT2D eigenvalue weighted by Crippen LogP contribution is 2.20. The summed E-state index contributed by atoms with van der Waals surface area (Å²) in [6.45, 7) is 4.40. The minimum Gasteiger partial charge on any atom is -0.283 e. The van der Waals surface area contributed by atoms with E-state index < -0.39 is 0 Å². The van der Waals surface area contributed by atoms with Crippen molar-refractivity contribution in [1.29, 1.82) is 5.26 Å². The van der Waals surface area contributed by atoms with E-state index in [0.717, 1.165) is 23.3 Å². The van der Waals surface area contributed by atoms with Gasteiger partial charge in [0.05, 0.1) is 11.1 Å². The molecule has 4 nitrogen and oxygen atoms in total. The van der Waals surface area contributed by atoms with Crippen LogP contribution in [0.5, 0.6) is 0 Å². The van der Waals surface area contributed by atoms with Crippen LogP contribution in [0.25, 0.3) is 16.9 Å². The van der Waals surface area contributed by atoms with Crippen molar-refractivity contribution in [2.75, 3.05) is 0 Å². The summed E-state index contributed by atoms with van der Waals surface area (Å²) in [5.74, 6) is 1.44. The van der Waals surface area contributed by atoms with Crippen LogP contribution in [0.1, 0.15) is 25.0 Å². The third-order valence-corrected chi connectivity index (χ3v) is 3.40. The minimum atomic E-state index is 0.588. The van der Waals surface area contributed by atoms with Crippen molar-refractivity contribution in [3.63, 3.8) is 0 Å². The first-order chi connectivity index (χ1) is 10.2. The van der Waals surface area contributed by atoms with Crippen LogP contribution < -0.4 is 0 Å². The zero-order valence-corrected chi connectivity index (χ0v) is 12.1. The van der Waals surface area contributed by atoms with Crippen LogP contribution in [0.3, 0.4) is 0 Å². The molecular formula is C17H16N4. The second-order valence-electron chi connectivity index (χ2n) is 5.52. The molecule has 3 aromatic rings. The maximum atomic E-state index is 9.14. The molecule has 0 aliphatic carbocycles. The first kappa shape index (κ1) is 13.3. The van der Waals surface area contributed by atoms with Crippen LogP contribution >= 0.6 is 0 Å². The molecule has 2 aromatic heterocycles. The number of nitriles is 1. The number of benzene rings is 1. The van der Waals surface area contributed by atoms with Crippen LogP contribution in [0, 0.1) is 17.2 Å². The highest BCUT2D eigenvalue weighted by molar-refractivity contribution is 5.82. The molecule has 0 spiro atoms. The summed E-state index contributed by atoms with van der Waals surface area (Å²) in [4.78, 5) is 8.79. The van der Waals surface area contributed by atoms with Crippen LogP contribution in [-0.4, -0.2) is 14.5 Å². The van der Waals surface area contributed by atoms with E-state index in [2.05, 4.69) is 36.0 Å². The summed E-state index contributed by atoms with van der Waals surface area (Å²) < 4.78 is 1.93. The minimum absolute atomic E-state index is 0.588. The molecule has 0 aliphatic heterocycles. The molecule has 0 saturated carbocycles. The number of hydrogen-bond donors (Lipinski definition) is 0. The Hall–Kier alpha value is -2.67. The Morgan fingerprint density at radius 3 is 2.86 bits per heavy atom. The number of rotatable bonds is 3. The zero-order chi connectivity index (χ0) is 14.8. The average molecular weight is 276 g/mol. The van der Waals surface area contributed by atoms with E-state index >= 15 is 0 Å². The monoisotopic (exact) mass is 276 g/mol. The summed E-state index contributed by atoms with van der Waals surface area (Å²) in [6, 6.07) is 11.9. The Bertz CT molecular complexity index is 824. The van der Waals surface area contributed by atoms with E-state index in [9.17, 15) is 0 Å². The van der Waals surface area contributed by atoms with Crippen molar-refractivity contribution < 1.29 is 0 Å². The summed E-state index contributed by atoms with van der Waals surface area (Å²) in [5.41, 5.74) is 3.47. The van der Waals surface area contributed by atoms with E-state index in [1.165, 1.54) is 5.56 Å². The van der Waals surface area contributed by atoms with Gasteiger partial charge in [-0.1, -0.05) is 19.9 Å². The lowest BCUT2D eigenvalue weighted by atomic mass is 10.0. The van der Waals surface area contributed by atoms with Gasteiger partial charge in [0.15, 0.2) is 0 Å². The van der Waals surface area contributed by atoms with Gasteiger partial charge in [-0.3, -0.25) is 4.57 Å². The van der Waals surface area contributed by atoms with Crippen LogP contribution in [0.15, 0.2) is 42.9 Å². The van der Waals surface area contributed by atoms with Gasteiger partial charge in [-0.2, -0.15) is 5.26 Å².